The van der Waals surface area contributed by atoms with E-state index in [1.807, 2.05) is 0 Å². The van der Waals surface area contributed by atoms with Crippen LogP contribution in [0.25, 0.3) is 0 Å². The lowest BCUT2D eigenvalue weighted by atomic mass is 10.1. The van der Waals surface area contributed by atoms with Crippen molar-refractivity contribution in [1.29, 1.82) is 0 Å². The smallest absolute Gasteiger partial charge is 0.261 e. The summed E-state index contributed by atoms with van der Waals surface area (Å²) in [7, 11) is 0. The topological polar surface area (TPSA) is 71.2 Å². The normalized spacial score (nSPS) is 21.4. The first kappa shape index (κ1) is 12.4. The molecular weight excluding hydrogens is 244 g/mol. The van der Waals surface area contributed by atoms with Crippen molar-refractivity contribution in [3.8, 4) is 0 Å². The predicted octanol–water partition coefficient (Wildman–Crippen LogP) is 0.772. The van der Waals surface area contributed by atoms with Gasteiger partial charge in [0.15, 0.2) is 0 Å². The summed E-state index contributed by atoms with van der Waals surface area (Å²) in [5, 5.41) is 2.79. The molecule has 0 unspecified atom stereocenters. The summed E-state index contributed by atoms with van der Waals surface area (Å²) in [6, 6.07) is 1.74. The van der Waals surface area contributed by atoms with E-state index in [0.29, 0.717) is 6.54 Å². The van der Waals surface area contributed by atoms with Gasteiger partial charge in [-0.25, -0.2) is 0 Å². The monoisotopic (exact) mass is 262 g/mol. The molecule has 1 aromatic rings. The summed E-state index contributed by atoms with van der Waals surface area (Å²) in [6.45, 7) is 1.25. The molecule has 0 spiro atoms. The van der Waals surface area contributed by atoms with Crippen molar-refractivity contribution in [2.75, 3.05) is 13.2 Å². The summed E-state index contributed by atoms with van der Waals surface area (Å²) in [5.41, 5.74) is 2.02. The van der Waals surface area contributed by atoms with E-state index in [0.717, 1.165) is 50.0 Å². The molecule has 1 aromatic heterocycles. The van der Waals surface area contributed by atoms with Gasteiger partial charge in [0.25, 0.3) is 11.5 Å². The van der Waals surface area contributed by atoms with Gasteiger partial charge in [0, 0.05) is 18.8 Å². The summed E-state index contributed by atoms with van der Waals surface area (Å²) < 4.78 is 5.44. The van der Waals surface area contributed by atoms with E-state index < -0.39 is 0 Å². The maximum Gasteiger partial charge on any atom is 0.261 e. The van der Waals surface area contributed by atoms with E-state index >= 15 is 0 Å². The van der Waals surface area contributed by atoms with Crippen LogP contribution in [0.2, 0.25) is 0 Å². The van der Waals surface area contributed by atoms with Crippen LogP contribution >= 0.6 is 0 Å². The molecule has 0 saturated carbocycles. The number of amides is 1. The molecule has 1 fully saturated rings. The van der Waals surface area contributed by atoms with Crippen LogP contribution in [0.3, 0.4) is 0 Å². The minimum atomic E-state index is -0.300. The zero-order chi connectivity index (χ0) is 13.2. The van der Waals surface area contributed by atoms with E-state index in [1.165, 1.54) is 0 Å². The first-order valence-corrected chi connectivity index (χ1v) is 6.89. The maximum atomic E-state index is 12.0. The Bertz CT molecular complexity index is 544. The quantitative estimate of drug-likeness (QED) is 0.845. The Morgan fingerprint density at radius 1 is 1.42 bits per heavy atom. The zero-order valence-corrected chi connectivity index (χ0v) is 10.8. The molecule has 1 amide bonds. The van der Waals surface area contributed by atoms with Crippen LogP contribution in [0.4, 0.5) is 0 Å². The van der Waals surface area contributed by atoms with Gasteiger partial charge < -0.3 is 15.0 Å². The molecule has 3 rings (SSSR count). The van der Waals surface area contributed by atoms with Crippen LogP contribution in [0.15, 0.2) is 10.9 Å². The van der Waals surface area contributed by atoms with Gasteiger partial charge in [0.2, 0.25) is 0 Å². The first-order chi connectivity index (χ1) is 9.24. The Morgan fingerprint density at radius 3 is 3.11 bits per heavy atom. The Hall–Kier alpha value is -1.62. The van der Waals surface area contributed by atoms with Gasteiger partial charge in [0.05, 0.1) is 6.10 Å². The van der Waals surface area contributed by atoms with Crippen LogP contribution < -0.4 is 10.9 Å². The highest BCUT2D eigenvalue weighted by Gasteiger charge is 2.20. The number of carbonyl (C=O) groups is 1. The number of H-pyrrole nitrogens is 1. The molecule has 0 radical (unpaired) electrons. The van der Waals surface area contributed by atoms with Crippen LogP contribution in [0.5, 0.6) is 0 Å². The number of nitrogens with one attached hydrogen (secondary N) is 2. The SMILES string of the molecule is O=C(NC[C@@H]1CCCO1)c1cc2c([nH]c1=O)CCC2. The van der Waals surface area contributed by atoms with E-state index in [2.05, 4.69) is 10.3 Å². The summed E-state index contributed by atoms with van der Waals surface area (Å²) in [4.78, 5) is 26.7. The van der Waals surface area contributed by atoms with Crippen LogP contribution in [0, 0.1) is 0 Å². The van der Waals surface area contributed by atoms with Gasteiger partial charge in [-0.05, 0) is 43.7 Å². The number of aryl methyl sites for hydroxylation is 2. The molecule has 2 heterocycles. The van der Waals surface area contributed by atoms with Crippen molar-refractivity contribution in [1.82, 2.24) is 10.3 Å². The average molecular weight is 262 g/mol. The third-order valence-corrected chi connectivity index (χ3v) is 3.85. The number of ether oxygens (including phenoxy) is 1. The molecule has 5 heteroatoms. The van der Waals surface area contributed by atoms with Crippen molar-refractivity contribution >= 4 is 5.91 Å². The number of aromatic amines is 1. The molecule has 1 aliphatic carbocycles. The molecule has 1 saturated heterocycles. The van der Waals surface area contributed by atoms with Gasteiger partial charge in [-0.2, -0.15) is 0 Å². The van der Waals surface area contributed by atoms with Crippen LogP contribution in [-0.2, 0) is 17.6 Å². The van der Waals surface area contributed by atoms with E-state index in [1.54, 1.807) is 6.07 Å². The number of hydrogen-bond donors (Lipinski definition) is 2. The van der Waals surface area contributed by atoms with Gasteiger partial charge >= 0.3 is 0 Å². The highest BCUT2D eigenvalue weighted by atomic mass is 16.5. The third kappa shape index (κ3) is 2.56. The number of rotatable bonds is 3. The standard InChI is InChI=1S/C14H18N2O3/c17-13(15-8-10-4-2-6-19-10)11-7-9-3-1-5-12(9)16-14(11)18/h7,10H,1-6,8H2,(H,15,17)(H,16,18)/t10-/m0/s1. The van der Waals surface area contributed by atoms with Crippen molar-refractivity contribution in [2.45, 2.75) is 38.2 Å². The van der Waals surface area contributed by atoms with Gasteiger partial charge in [-0.15, -0.1) is 0 Å². The Balaban J connectivity index is 1.70. The van der Waals surface area contributed by atoms with Gasteiger partial charge in [0.1, 0.15) is 5.56 Å². The average Bonchev–Trinajstić information content (AvgIpc) is 3.05. The molecule has 102 valence electrons. The summed E-state index contributed by atoms with van der Waals surface area (Å²) in [6.07, 6.45) is 5.01. The Morgan fingerprint density at radius 2 is 2.32 bits per heavy atom. The largest absolute Gasteiger partial charge is 0.376 e. The zero-order valence-electron chi connectivity index (χ0n) is 10.8. The van der Waals surface area contributed by atoms with Gasteiger partial charge in [-0.3, -0.25) is 9.59 Å². The van der Waals surface area contributed by atoms with E-state index in [4.69, 9.17) is 4.74 Å². The first-order valence-electron chi connectivity index (χ1n) is 6.89. The molecule has 1 atom stereocenters. The lowest BCUT2D eigenvalue weighted by molar-refractivity contribution is 0.0856. The fourth-order valence-electron chi connectivity index (χ4n) is 2.79. The highest BCUT2D eigenvalue weighted by Crippen LogP contribution is 2.18. The Kier molecular flexibility index (Phi) is 3.38. The number of aromatic nitrogens is 1. The summed E-state index contributed by atoms with van der Waals surface area (Å²) >= 11 is 0. The highest BCUT2D eigenvalue weighted by molar-refractivity contribution is 5.94. The van der Waals surface area contributed by atoms with Gasteiger partial charge in [-0.1, -0.05) is 0 Å². The fourth-order valence-corrected chi connectivity index (χ4v) is 2.79. The third-order valence-electron chi connectivity index (χ3n) is 3.85. The van der Waals surface area contributed by atoms with E-state index in [9.17, 15) is 9.59 Å². The molecule has 0 aromatic carbocycles. The molecule has 19 heavy (non-hydrogen) atoms. The number of hydrogen-bond acceptors (Lipinski definition) is 3. The maximum absolute atomic E-state index is 12.0. The lowest BCUT2D eigenvalue weighted by Gasteiger charge is -2.11. The molecule has 2 aliphatic rings. The number of carbonyl (C=O) groups excluding carboxylic acids is 1. The number of fused-ring (bicyclic) bond motifs is 1. The fraction of sp³-hybridized carbons (Fsp3) is 0.571. The van der Waals surface area contributed by atoms with Crippen molar-refractivity contribution in [2.24, 2.45) is 0 Å². The molecule has 1 aliphatic heterocycles. The van der Waals surface area contributed by atoms with Crippen molar-refractivity contribution in [3.05, 3.63) is 33.2 Å². The predicted molar refractivity (Wildman–Crippen MR) is 70.4 cm³/mol. The lowest BCUT2D eigenvalue weighted by Crippen LogP contribution is -2.35. The van der Waals surface area contributed by atoms with Crippen molar-refractivity contribution in [3.63, 3.8) is 0 Å². The second-order valence-electron chi connectivity index (χ2n) is 5.21. The van der Waals surface area contributed by atoms with Crippen molar-refractivity contribution < 1.29 is 9.53 Å². The summed E-state index contributed by atoms with van der Waals surface area (Å²) in [5.74, 6) is -0.300. The molecular formula is C14H18N2O3. The second-order valence-corrected chi connectivity index (χ2v) is 5.21. The minimum absolute atomic E-state index is 0.0949. The minimum Gasteiger partial charge on any atom is -0.376 e. The van der Waals surface area contributed by atoms with Crippen LogP contribution in [0.1, 0.15) is 40.9 Å². The number of pyridine rings is 1. The van der Waals surface area contributed by atoms with Crippen LogP contribution in [-0.4, -0.2) is 30.1 Å². The molecule has 2 N–H and O–H groups in total. The second kappa shape index (κ2) is 5.17. The van der Waals surface area contributed by atoms with E-state index in [-0.39, 0.29) is 23.1 Å². The molecule has 5 nitrogen and oxygen atoms in total. The molecule has 0 bridgehead atoms. The Labute approximate surface area is 111 Å².